The Morgan fingerprint density at radius 2 is 1.79 bits per heavy atom. The molecule has 0 fully saturated rings. The molecule has 0 aliphatic heterocycles. The summed E-state index contributed by atoms with van der Waals surface area (Å²) in [6, 6.07) is 13.0. The molecule has 0 amide bonds. The van der Waals surface area contributed by atoms with Crippen molar-refractivity contribution >= 4 is 23.0 Å². The van der Waals surface area contributed by atoms with E-state index in [4.69, 9.17) is 10.8 Å². The number of para-hydroxylation sites is 1. The third-order valence-corrected chi connectivity index (χ3v) is 3.10. The highest BCUT2D eigenvalue weighted by Gasteiger charge is 2.14. The number of anilines is 3. The first kappa shape index (κ1) is 13.0. The number of aromatic carboxylic acids is 1. The minimum atomic E-state index is -1.02. The predicted octanol–water partition coefficient (Wildman–Crippen LogP) is 3.04. The van der Waals surface area contributed by atoms with Crippen LogP contribution in [0.25, 0.3) is 0 Å². The molecule has 0 aliphatic rings. The molecule has 0 aromatic heterocycles. The van der Waals surface area contributed by atoms with Crippen LogP contribution in [0.15, 0.2) is 42.5 Å². The van der Waals surface area contributed by atoms with E-state index in [-0.39, 0.29) is 11.3 Å². The van der Waals surface area contributed by atoms with Crippen molar-refractivity contribution in [3.05, 3.63) is 53.6 Å². The van der Waals surface area contributed by atoms with E-state index in [9.17, 15) is 4.79 Å². The summed E-state index contributed by atoms with van der Waals surface area (Å²) in [6.45, 7) is 2.02. The molecule has 2 aromatic rings. The van der Waals surface area contributed by atoms with Crippen molar-refractivity contribution in [2.75, 3.05) is 17.7 Å². The van der Waals surface area contributed by atoms with Gasteiger partial charge in [0.1, 0.15) is 0 Å². The maximum absolute atomic E-state index is 11.1. The zero-order valence-corrected chi connectivity index (χ0v) is 10.9. The van der Waals surface area contributed by atoms with Gasteiger partial charge < -0.3 is 15.7 Å². The second-order valence-electron chi connectivity index (χ2n) is 4.44. The normalized spacial score (nSPS) is 10.2. The molecule has 0 saturated carbocycles. The first-order valence-electron chi connectivity index (χ1n) is 5.93. The van der Waals surface area contributed by atoms with Crippen LogP contribution in [0.4, 0.5) is 17.1 Å². The van der Waals surface area contributed by atoms with Crippen LogP contribution in [0, 0.1) is 6.92 Å². The Bertz CT molecular complexity index is 606. The largest absolute Gasteiger partial charge is 0.478 e. The number of rotatable bonds is 3. The van der Waals surface area contributed by atoms with Crippen molar-refractivity contribution in [3.8, 4) is 0 Å². The number of carboxylic acid groups (broad SMARTS) is 1. The van der Waals surface area contributed by atoms with Gasteiger partial charge in [-0.15, -0.1) is 0 Å². The second-order valence-corrected chi connectivity index (χ2v) is 4.44. The van der Waals surface area contributed by atoms with Crippen molar-refractivity contribution in [1.82, 2.24) is 0 Å². The molecule has 0 atom stereocenters. The highest BCUT2D eigenvalue weighted by molar-refractivity contribution is 5.97. The Hall–Kier alpha value is -2.49. The smallest absolute Gasteiger partial charge is 0.337 e. The van der Waals surface area contributed by atoms with Gasteiger partial charge in [-0.2, -0.15) is 0 Å². The first-order chi connectivity index (χ1) is 9.00. The third-order valence-electron chi connectivity index (χ3n) is 3.10. The fourth-order valence-electron chi connectivity index (χ4n) is 1.94. The van der Waals surface area contributed by atoms with Crippen LogP contribution in [0.1, 0.15) is 15.9 Å². The van der Waals surface area contributed by atoms with Crippen molar-refractivity contribution < 1.29 is 9.90 Å². The maximum atomic E-state index is 11.1. The molecule has 0 saturated heterocycles. The average molecular weight is 256 g/mol. The van der Waals surface area contributed by atoms with E-state index in [1.807, 2.05) is 49.2 Å². The number of carbonyl (C=O) groups is 1. The number of nitrogens with zero attached hydrogens (tertiary/aromatic N) is 1. The minimum Gasteiger partial charge on any atom is -0.478 e. The van der Waals surface area contributed by atoms with Gasteiger partial charge in [-0.1, -0.05) is 23.8 Å². The van der Waals surface area contributed by atoms with E-state index in [0.717, 1.165) is 5.69 Å². The number of nitrogens with two attached hydrogens (primary N) is 1. The highest BCUT2D eigenvalue weighted by Crippen LogP contribution is 2.31. The number of hydrogen-bond acceptors (Lipinski definition) is 3. The van der Waals surface area contributed by atoms with Crippen molar-refractivity contribution in [3.63, 3.8) is 0 Å². The predicted molar refractivity (Wildman–Crippen MR) is 77.1 cm³/mol. The molecule has 0 aliphatic carbocycles. The van der Waals surface area contributed by atoms with Gasteiger partial charge in [0.05, 0.1) is 16.9 Å². The molecule has 0 radical (unpaired) electrons. The minimum absolute atomic E-state index is 0.122. The highest BCUT2D eigenvalue weighted by atomic mass is 16.4. The summed E-state index contributed by atoms with van der Waals surface area (Å²) in [5.74, 6) is -1.02. The molecule has 0 heterocycles. The number of aryl methyl sites for hydroxylation is 1. The number of hydrogen-bond donors (Lipinski definition) is 2. The number of carboxylic acids is 1. The maximum Gasteiger partial charge on any atom is 0.337 e. The van der Waals surface area contributed by atoms with Crippen LogP contribution in [0.3, 0.4) is 0 Å². The molecule has 0 spiro atoms. The topological polar surface area (TPSA) is 66.6 Å². The van der Waals surface area contributed by atoms with Crippen LogP contribution >= 0.6 is 0 Å². The zero-order chi connectivity index (χ0) is 14.0. The quantitative estimate of drug-likeness (QED) is 0.828. The van der Waals surface area contributed by atoms with E-state index >= 15 is 0 Å². The first-order valence-corrected chi connectivity index (χ1v) is 5.93. The van der Waals surface area contributed by atoms with Crippen molar-refractivity contribution in [2.45, 2.75) is 6.92 Å². The van der Waals surface area contributed by atoms with Gasteiger partial charge in [-0.3, -0.25) is 0 Å². The summed E-state index contributed by atoms with van der Waals surface area (Å²) >= 11 is 0. The SMILES string of the molecule is Cc1ccc(N(C)c2cccc(C(=O)O)c2N)cc1. The molecular formula is C15H16N2O2. The van der Waals surface area contributed by atoms with Crippen LogP contribution in [0.5, 0.6) is 0 Å². The lowest BCUT2D eigenvalue weighted by molar-refractivity contribution is 0.0698. The molecule has 0 unspecified atom stereocenters. The van der Waals surface area contributed by atoms with Gasteiger partial charge in [0, 0.05) is 12.7 Å². The second kappa shape index (κ2) is 5.02. The summed E-state index contributed by atoms with van der Waals surface area (Å²) < 4.78 is 0. The van der Waals surface area contributed by atoms with E-state index < -0.39 is 5.97 Å². The lowest BCUT2D eigenvalue weighted by Crippen LogP contribution is -2.14. The Morgan fingerprint density at radius 1 is 1.16 bits per heavy atom. The lowest BCUT2D eigenvalue weighted by atomic mass is 10.1. The molecule has 3 N–H and O–H groups in total. The lowest BCUT2D eigenvalue weighted by Gasteiger charge is -2.22. The van der Waals surface area contributed by atoms with Gasteiger partial charge in [-0.05, 0) is 31.2 Å². The van der Waals surface area contributed by atoms with Crippen molar-refractivity contribution in [2.24, 2.45) is 0 Å². The summed E-state index contributed by atoms with van der Waals surface area (Å²) in [6.07, 6.45) is 0. The molecule has 2 rings (SSSR count). The molecule has 98 valence electrons. The number of benzene rings is 2. The van der Waals surface area contributed by atoms with Crippen molar-refractivity contribution in [1.29, 1.82) is 0 Å². The fourth-order valence-corrected chi connectivity index (χ4v) is 1.94. The molecule has 2 aromatic carbocycles. The number of nitrogen functional groups attached to an aromatic ring is 1. The monoisotopic (exact) mass is 256 g/mol. The summed E-state index contributed by atoms with van der Waals surface area (Å²) in [5.41, 5.74) is 9.14. The van der Waals surface area contributed by atoms with Crippen LogP contribution in [0.2, 0.25) is 0 Å². The Labute approximate surface area is 112 Å². The molecule has 4 nitrogen and oxygen atoms in total. The Balaban J connectivity index is 2.44. The Morgan fingerprint density at radius 3 is 2.37 bits per heavy atom. The molecule has 4 heteroatoms. The van der Waals surface area contributed by atoms with Crippen LogP contribution < -0.4 is 10.6 Å². The van der Waals surface area contributed by atoms with Gasteiger partial charge in [-0.25, -0.2) is 4.79 Å². The fraction of sp³-hybridized carbons (Fsp3) is 0.133. The average Bonchev–Trinajstić information content (AvgIpc) is 2.38. The van der Waals surface area contributed by atoms with Gasteiger partial charge in [0.2, 0.25) is 0 Å². The van der Waals surface area contributed by atoms with Gasteiger partial charge >= 0.3 is 5.97 Å². The van der Waals surface area contributed by atoms with E-state index in [1.165, 1.54) is 11.6 Å². The van der Waals surface area contributed by atoms with E-state index in [2.05, 4.69) is 0 Å². The van der Waals surface area contributed by atoms with Gasteiger partial charge in [0.15, 0.2) is 0 Å². The standard InChI is InChI=1S/C15H16N2O2/c1-10-6-8-11(9-7-10)17(2)13-5-3-4-12(14(13)16)15(18)19/h3-9H,16H2,1-2H3,(H,18,19). The van der Waals surface area contributed by atoms with E-state index in [0.29, 0.717) is 5.69 Å². The molecular weight excluding hydrogens is 240 g/mol. The third kappa shape index (κ3) is 2.52. The van der Waals surface area contributed by atoms with Crippen LogP contribution in [-0.4, -0.2) is 18.1 Å². The van der Waals surface area contributed by atoms with E-state index in [1.54, 1.807) is 6.07 Å². The van der Waals surface area contributed by atoms with Crippen LogP contribution in [-0.2, 0) is 0 Å². The Kier molecular flexibility index (Phi) is 3.42. The molecule has 19 heavy (non-hydrogen) atoms. The molecule has 0 bridgehead atoms. The van der Waals surface area contributed by atoms with Gasteiger partial charge in [0.25, 0.3) is 0 Å². The zero-order valence-electron chi connectivity index (χ0n) is 10.9. The summed E-state index contributed by atoms with van der Waals surface area (Å²) in [7, 11) is 1.86. The summed E-state index contributed by atoms with van der Waals surface area (Å²) in [4.78, 5) is 13.0. The summed E-state index contributed by atoms with van der Waals surface area (Å²) in [5, 5.41) is 9.08.